The molecule has 2 saturated heterocycles. The van der Waals surface area contributed by atoms with Gasteiger partial charge in [0.1, 0.15) is 42.7 Å². The van der Waals surface area contributed by atoms with Gasteiger partial charge in [0, 0.05) is 21.1 Å². The second-order valence-electron chi connectivity index (χ2n) is 6.79. The highest BCUT2D eigenvalue weighted by molar-refractivity contribution is 5.79. The molecule has 13 nitrogen and oxygen atoms in total. The van der Waals surface area contributed by atoms with E-state index < -0.39 is 79.8 Å². The van der Waals surface area contributed by atoms with E-state index in [4.69, 9.17) is 29.4 Å². The third-order valence-corrected chi connectivity index (χ3v) is 4.84. The maximum Gasteiger partial charge on any atom is 0.249 e. The van der Waals surface area contributed by atoms with Crippen LogP contribution in [-0.4, -0.2) is 114 Å². The van der Waals surface area contributed by atoms with Crippen LogP contribution in [0.15, 0.2) is 0 Å². The Bertz CT molecular complexity index is 579. The Balaban J connectivity index is 2.30. The van der Waals surface area contributed by atoms with Crippen molar-refractivity contribution < 1.29 is 53.7 Å². The minimum atomic E-state index is -1.68. The Morgan fingerprint density at radius 3 is 2.14 bits per heavy atom. The van der Waals surface area contributed by atoms with Gasteiger partial charge in [0.15, 0.2) is 18.7 Å². The van der Waals surface area contributed by atoms with Crippen LogP contribution in [0.1, 0.15) is 6.92 Å². The zero-order chi connectivity index (χ0) is 21.9. The molecule has 10 atom stereocenters. The number of carbonyl (C=O) groups is 2. The van der Waals surface area contributed by atoms with Crippen LogP contribution in [0.5, 0.6) is 0 Å². The van der Waals surface area contributed by atoms with Crippen molar-refractivity contribution in [2.45, 2.75) is 68.3 Å². The number of rotatable bonds is 7. The normalized spacial score (nSPS) is 43.0. The van der Waals surface area contributed by atoms with Gasteiger partial charge in [-0.15, -0.1) is 0 Å². The van der Waals surface area contributed by atoms with Gasteiger partial charge in [-0.1, -0.05) is 0 Å². The lowest BCUT2D eigenvalue weighted by Gasteiger charge is -2.47. The number of aliphatic hydroxyl groups is 4. The van der Waals surface area contributed by atoms with E-state index in [1.54, 1.807) is 0 Å². The third-order valence-electron chi connectivity index (χ3n) is 4.84. The van der Waals surface area contributed by atoms with E-state index >= 15 is 0 Å². The standard InChI is InChI=1S/C16H28N2O11/c1-5(20)18-7-11(8(21)6(4-19)27-15(7)26-3)28-16-10(23)9(22)12(25-2)13(29-16)14(17)24/h6-13,15-16,19,21-23H,4H2,1-3H3,(H2,17,24)(H,18,20). The monoisotopic (exact) mass is 424 g/mol. The van der Waals surface area contributed by atoms with E-state index in [1.165, 1.54) is 21.1 Å². The average molecular weight is 424 g/mol. The number of carbonyl (C=O) groups excluding carboxylic acids is 2. The summed E-state index contributed by atoms with van der Waals surface area (Å²) in [6.45, 7) is 0.621. The molecule has 13 heteroatoms. The first kappa shape index (κ1) is 23.9. The van der Waals surface area contributed by atoms with Crippen molar-refractivity contribution in [2.75, 3.05) is 20.8 Å². The average Bonchev–Trinajstić information content (AvgIpc) is 2.67. The van der Waals surface area contributed by atoms with E-state index in [2.05, 4.69) is 5.32 Å². The molecule has 0 aliphatic carbocycles. The number of nitrogens with one attached hydrogen (secondary N) is 1. The molecule has 2 amide bonds. The molecule has 10 unspecified atom stereocenters. The third kappa shape index (κ3) is 5.02. The van der Waals surface area contributed by atoms with Crippen molar-refractivity contribution in [2.24, 2.45) is 5.73 Å². The first-order valence-electron chi connectivity index (χ1n) is 8.89. The van der Waals surface area contributed by atoms with E-state index in [0.29, 0.717) is 0 Å². The summed E-state index contributed by atoms with van der Waals surface area (Å²) in [5.74, 6) is -1.46. The Morgan fingerprint density at radius 2 is 1.66 bits per heavy atom. The molecule has 29 heavy (non-hydrogen) atoms. The van der Waals surface area contributed by atoms with Crippen molar-refractivity contribution in [3.8, 4) is 0 Å². The second kappa shape index (κ2) is 10.1. The summed E-state index contributed by atoms with van der Waals surface area (Å²) in [4.78, 5) is 23.3. The Morgan fingerprint density at radius 1 is 1.00 bits per heavy atom. The first-order chi connectivity index (χ1) is 13.7. The summed E-state index contributed by atoms with van der Waals surface area (Å²) in [7, 11) is 2.48. The fraction of sp³-hybridized carbons (Fsp3) is 0.875. The summed E-state index contributed by atoms with van der Waals surface area (Å²) in [5, 5.41) is 43.1. The van der Waals surface area contributed by atoms with E-state index in [1.807, 2.05) is 0 Å². The van der Waals surface area contributed by atoms with Gasteiger partial charge in [0.25, 0.3) is 0 Å². The second-order valence-corrected chi connectivity index (χ2v) is 6.79. The van der Waals surface area contributed by atoms with Gasteiger partial charge in [-0.05, 0) is 0 Å². The summed E-state index contributed by atoms with van der Waals surface area (Å²) >= 11 is 0. The topological polar surface area (TPSA) is 199 Å². The van der Waals surface area contributed by atoms with E-state index in [-0.39, 0.29) is 0 Å². The number of amides is 2. The SMILES string of the molecule is COC1OC(CO)C(O)C(OC2OC(C(N)=O)C(OC)C(O)C2O)C1NC(C)=O. The smallest absolute Gasteiger partial charge is 0.249 e. The summed E-state index contributed by atoms with van der Waals surface area (Å²) in [5.41, 5.74) is 5.27. The van der Waals surface area contributed by atoms with Crippen molar-refractivity contribution >= 4 is 11.8 Å². The van der Waals surface area contributed by atoms with Crippen LogP contribution in [0.25, 0.3) is 0 Å². The van der Waals surface area contributed by atoms with Gasteiger partial charge in [-0.2, -0.15) is 0 Å². The van der Waals surface area contributed by atoms with Crippen molar-refractivity contribution in [3.05, 3.63) is 0 Å². The molecule has 0 aromatic heterocycles. The highest BCUT2D eigenvalue weighted by Crippen LogP contribution is 2.30. The number of hydrogen-bond acceptors (Lipinski definition) is 11. The lowest BCUT2D eigenvalue weighted by molar-refractivity contribution is -0.338. The maximum absolute atomic E-state index is 11.7. The zero-order valence-corrected chi connectivity index (χ0v) is 16.2. The Kier molecular flexibility index (Phi) is 8.28. The Hall–Kier alpha value is -1.42. The first-order valence-corrected chi connectivity index (χ1v) is 8.89. The number of primary amides is 1. The van der Waals surface area contributed by atoms with Crippen LogP contribution in [-0.2, 0) is 33.3 Å². The van der Waals surface area contributed by atoms with Crippen LogP contribution in [0.3, 0.4) is 0 Å². The van der Waals surface area contributed by atoms with Crippen LogP contribution in [0.2, 0.25) is 0 Å². The lowest BCUT2D eigenvalue weighted by Crippen LogP contribution is -2.68. The van der Waals surface area contributed by atoms with Crippen LogP contribution < -0.4 is 11.1 Å². The molecule has 2 aliphatic rings. The molecule has 0 saturated carbocycles. The molecule has 2 aliphatic heterocycles. The van der Waals surface area contributed by atoms with Gasteiger partial charge in [0.2, 0.25) is 11.8 Å². The molecule has 2 fully saturated rings. The van der Waals surface area contributed by atoms with Crippen LogP contribution in [0.4, 0.5) is 0 Å². The fourth-order valence-electron chi connectivity index (χ4n) is 3.42. The van der Waals surface area contributed by atoms with Gasteiger partial charge in [-0.3, -0.25) is 9.59 Å². The van der Waals surface area contributed by atoms with Crippen LogP contribution >= 0.6 is 0 Å². The number of nitrogens with two attached hydrogens (primary N) is 1. The fourth-order valence-corrected chi connectivity index (χ4v) is 3.42. The maximum atomic E-state index is 11.7. The molecule has 0 spiro atoms. The molecule has 0 aromatic rings. The molecule has 168 valence electrons. The van der Waals surface area contributed by atoms with Crippen LogP contribution in [0, 0.1) is 0 Å². The molecular formula is C16H28N2O11. The Labute approximate surface area is 166 Å². The minimum absolute atomic E-state index is 0.497. The van der Waals surface area contributed by atoms with Gasteiger partial charge in [-0.25, -0.2) is 0 Å². The molecule has 0 radical (unpaired) electrons. The summed E-state index contributed by atoms with van der Waals surface area (Å²) in [6, 6.07) is -1.07. The van der Waals surface area contributed by atoms with Crippen molar-refractivity contribution in [1.29, 1.82) is 0 Å². The zero-order valence-electron chi connectivity index (χ0n) is 16.2. The lowest BCUT2D eigenvalue weighted by atomic mass is 9.95. The number of hydrogen-bond donors (Lipinski definition) is 6. The van der Waals surface area contributed by atoms with Gasteiger partial charge in [0.05, 0.1) is 6.61 Å². The molecule has 0 aromatic carbocycles. The quantitative estimate of drug-likeness (QED) is 0.230. The molecule has 2 rings (SSSR count). The van der Waals surface area contributed by atoms with Crippen molar-refractivity contribution in [3.63, 3.8) is 0 Å². The van der Waals surface area contributed by atoms with Gasteiger partial charge >= 0.3 is 0 Å². The molecular weight excluding hydrogens is 396 g/mol. The number of methoxy groups -OCH3 is 2. The predicted molar refractivity (Wildman–Crippen MR) is 91.9 cm³/mol. The van der Waals surface area contributed by atoms with E-state index in [0.717, 1.165) is 0 Å². The number of ether oxygens (including phenoxy) is 5. The summed E-state index contributed by atoms with van der Waals surface area (Å²) < 4.78 is 26.6. The predicted octanol–water partition coefficient (Wildman–Crippen LogP) is -4.45. The molecule has 7 N–H and O–H groups in total. The van der Waals surface area contributed by atoms with Crippen molar-refractivity contribution in [1.82, 2.24) is 5.32 Å². The van der Waals surface area contributed by atoms with E-state index in [9.17, 15) is 30.0 Å². The van der Waals surface area contributed by atoms with Gasteiger partial charge < -0.3 is 55.2 Å². The number of aliphatic hydroxyl groups excluding tert-OH is 4. The highest BCUT2D eigenvalue weighted by atomic mass is 16.7. The molecule has 2 heterocycles. The highest BCUT2D eigenvalue weighted by Gasteiger charge is 2.52. The largest absolute Gasteiger partial charge is 0.394 e. The molecule has 0 bridgehead atoms. The minimum Gasteiger partial charge on any atom is -0.394 e. The summed E-state index contributed by atoms with van der Waals surface area (Å²) in [6.07, 6.45) is -12.7.